The summed E-state index contributed by atoms with van der Waals surface area (Å²) in [5.41, 5.74) is 2.09. The second kappa shape index (κ2) is 11.2. The third-order valence-corrected chi connectivity index (χ3v) is 5.70. The molecule has 1 saturated heterocycles. The zero-order valence-corrected chi connectivity index (χ0v) is 20.0. The van der Waals surface area contributed by atoms with Gasteiger partial charge >= 0.3 is 0 Å². The summed E-state index contributed by atoms with van der Waals surface area (Å²) in [6.07, 6.45) is 1.88. The van der Waals surface area contributed by atoms with Crippen molar-refractivity contribution in [1.82, 2.24) is 16.0 Å². The quantitative estimate of drug-likeness (QED) is 0.464. The summed E-state index contributed by atoms with van der Waals surface area (Å²) in [7, 11) is 4.63. The van der Waals surface area contributed by atoms with E-state index in [4.69, 9.17) is 37.4 Å². The van der Waals surface area contributed by atoms with Gasteiger partial charge in [0, 0.05) is 41.3 Å². The Morgan fingerprint density at radius 2 is 1.79 bits per heavy atom. The Morgan fingerprint density at radius 1 is 1.09 bits per heavy atom. The first-order chi connectivity index (χ1) is 15.9. The van der Waals surface area contributed by atoms with Gasteiger partial charge in [-0.15, -0.1) is 0 Å². The van der Waals surface area contributed by atoms with Gasteiger partial charge in [0.25, 0.3) is 0 Å². The lowest BCUT2D eigenvalue weighted by atomic mass is 10.1. The van der Waals surface area contributed by atoms with Crippen LogP contribution in [0, 0.1) is 0 Å². The van der Waals surface area contributed by atoms with Crippen molar-refractivity contribution >= 4 is 35.0 Å². The SMILES string of the molecule is COc1cc(CN/C=C2\C[C@@H](C(=O)NCc3ccc(Cl)cc3Cl)NC2=O)cc(OC)c1OC. The molecule has 0 bridgehead atoms. The number of amides is 2. The lowest BCUT2D eigenvalue weighted by molar-refractivity contribution is -0.125. The molecule has 2 aromatic rings. The van der Waals surface area contributed by atoms with Crippen LogP contribution in [0.4, 0.5) is 0 Å². The Balaban J connectivity index is 1.57. The molecule has 0 aromatic heterocycles. The van der Waals surface area contributed by atoms with Crippen LogP contribution in [0.25, 0.3) is 0 Å². The van der Waals surface area contributed by atoms with Gasteiger partial charge in [0.05, 0.1) is 21.3 Å². The maximum absolute atomic E-state index is 12.5. The standard InChI is InChI=1S/C23H25Cl2N3O5/c1-31-19-6-13(7-20(32-2)21(19)33-3)10-26-11-15-8-18(28-22(15)29)23(30)27-12-14-4-5-16(24)9-17(14)25/h4-7,9,11,18,26H,8,10,12H2,1-3H3,(H,27,30)(H,28,29)/b15-11+/t18-/m0/s1. The minimum absolute atomic E-state index is 0.236. The summed E-state index contributed by atoms with van der Waals surface area (Å²) >= 11 is 12.0. The summed E-state index contributed by atoms with van der Waals surface area (Å²) in [6, 6.07) is 8.04. The van der Waals surface area contributed by atoms with E-state index in [1.165, 1.54) is 7.11 Å². The first-order valence-corrected chi connectivity index (χ1v) is 10.9. The van der Waals surface area contributed by atoms with Gasteiger partial charge in [-0.3, -0.25) is 9.59 Å². The molecule has 3 N–H and O–H groups in total. The zero-order valence-electron chi connectivity index (χ0n) is 18.5. The molecule has 33 heavy (non-hydrogen) atoms. The number of ether oxygens (including phenoxy) is 3. The first-order valence-electron chi connectivity index (χ1n) is 10.1. The molecule has 1 heterocycles. The molecule has 8 nitrogen and oxygen atoms in total. The highest BCUT2D eigenvalue weighted by atomic mass is 35.5. The van der Waals surface area contributed by atoms with Crippen molar-refractivity contribution in [2.24, 2.45) is 0 Å². The second-order valence-corrected chi connectivity index (χ2v) is 8.11. The van der Waals surface area contributed by atoms with Crippen molar-refractivity contribution in [3.05, 3.63) is 63.3 Å². The van der Waals surface area contributed by atoms with E-state index in [9.17, 15) is 9.59 Å². The average Bonchev–Trinajstić information content (AvgIpc) is 3.18. The molecule has 0 saturated carbocycles. The summed E-state index contributed by atoms with van der Waals surface area (Å²) in [5.74, 6) is 1.00. The van der Waals surface area contributed by atoms with Crippen LogP contribution in [0.2, 0.25) is 10.0 Å². The van der Waals surface area contributed by atoms with Crippen molar-refractivity contribution < 1.29 is 23.8 Å². The fourth-order valence-electron chi connectivity index (χ4n) is 3.40. The van der Waals surface area contributed by atoms with Gasteiger partial charge in [0.15, 0.2) is 11.5 Å². The van der Waals surface area contributed by atoms with Crippen molar-refractivity contribution in [1.29, 1.82) is 0 Å². The molecule has 0 radical (unpaired) electrons. The van der Waals surface area contributed by atoms with E-state index in [2.05, 4.69) is 16.0 Å². The average molecular weight is 494 g/mol. The Kier molecular flexibility index (Phi) is 8.30. The van der Waals surface area contributed by atoms with E-state index in [0.717, 1.165) is 11.1 Å². The van der Waals surface area contributed by atoms with E-state index in [1.807, 2.05) is 12.1 Å². The lowest BCUT2D eigenvalue weighted by Gasteiger charge is -2.14. The second-order valence-electron chi connectivity index (χ2n) is 7.27. The third-order valence-electron chi connectivity index (χ3n) is 5.11. The van der Waals surface area contributed by atoms with Gasteiger partial charge in [-0.2, -0.15) is 0 Å². The number of rotatable bonds is 9. The molecular weight excluding hydrogens is 469 g/mol. The minimum Gasteiger partial charge on any atom is -0.493 e. The number of halogens is 2. The molecule has 1 atom stereocenters. The number of methoxy groups -OCH3 is 3. The molecular formula is C23H25Cl2N3O5. The largest absolute Gasteiger partial charge is 0.493 e. The molecule has 10 heteroatoms. The van der Waals surface area contributed by atoms with Crippen LogP contribution in [0.5, 0.6) is 17.2 Å². The number of carbonyl (C=O) groups excluding carboxylic acids is 2. The molecule has 3 rings (SSSR count). The van der Waals surface area contributed by atoms with Gasteiger partial charge < -0.3 is 30.2 Å². The maximum Gasteiger partial charge on any atom is 0.249 e. The topological polar surface area (TPSA) is 97.9 Å². The Bertz CT molecular complexity index is 1050. The molecule has 176 valence electrons. The molecule has 1 fully saturated rings. The number of benzene rings is 2. The van der Waals surface area contributed by atoms with Crippen LogP contribution in [0.3, 0.4) is 0 Å². The van der Waals surface area contributed by atoms with Crippen LogP contribution < -0.4 is 30.2 Å². The maximum atomic E-state index is 12.5. The Morgan fingerprint density at radius 3 is 2.39 bits per heavy atom. The summed E-state index contributed by atoms with van der Waals surface area (Å²) in [5, 5.41) is 9.58. The highest BCUT2D eigenvalue weighted by molar-refractivity contribution is 6.35. The predicted molar refractivity (Wildman–Crippen MR) is 126 cm³/mol. The van der Waals surface area contributed by atoms with Crippen LogP contribution in [0.1, 0.15) is 17.5 Å². The number of hydrogen-bond donors (Lipinski definition) is 3. The van der Waals surface area contributed by atoms with Gasteiger partial charge in [-0.05, 0) is 35.4 Å². The van der Waals surface area contributed by atoms with E-state index >= 15 is 0 Å². The monoisotopic (exact) mass is 493 g/mol. The smallest absolute Gasteiger partial charge is 0.249 e. The molecule has 1 aliphatic heterocycles. The molecule has 0 spiro atoms. The van der Waals surface area contributed by atoms with Crippen molar-refractivity contribution in [2.75, 3.05) is 21.3 Å². The van der Waals surface area contributed by atoms with Gasteiger partial charge in [0.2, 0.25) is 17.6 Å². The number of hydrogen-bond acceptors (Lipinski definition) is 6. The molecule has 2 aromatic carbocycles. The van der Waals surface area contributed by atoms with E-state index in [0.29, 0.717) is 39.4 Å². The van der Waals surface area contributed by atoms with Gasteiger partial charge in [-0.1, -0.05) is 29.3 Å². The Hall–Kier alpha value is -3.10. The first kappa shape index (κ1) is 24.5. The van der Waals surface area contributed by atoms with Crippen molar-refractivity contribution in [3.8, 4) is 17.2 Å². The molecule has 0 aliphatic carbocycles. The van der Waals surface area contributed by atoms with Crippen LogP contribution in [-0.4, -0.2) is 39.2 Å². The lowest BCUT2D eigenvalue weighted by Crippen LogP contribution is -2.41. The fourth-order valence-corrected chi connectivity index (χ4v) is 3.87. The summed E-state index contributed by atoms with van der Waals surface area (Å²) in [4.78, 5) is 24.8. The molecule has 2 amide bonds. The van der Waals surface area contributed by atoms with E-state index < -0.39 is 6.04 Å². The van der Waals surface area contributed by atoms with Crippen LogP contribution in [0.15, 0.2) is 42.1 Å². The Labute approximate surface area is 202 Å². The summed E-state index contributed by atoms with van der Waals surface area (Å²) in [6.45, 7) is 0.652. The predicted octanol–water partition coefficient (Wildman–Crippen LogP) is 3.20. The van der Waals surface area contributed by atoms with Gasteiger partial charge in [0.1, 0.15) is 6.04 Å². The normalized spacial score (nSPS) is 16.3. The zero-order chi connectivity index (χ0) is 24.0. The number of carbonyl (C=O) groups is 2. The van der Waals surface area contributed by atoms with E-state index in [1.54, 1.807) is 38.6 Å². The third kappa shape index (κ3) is 6.03. The van der Waals surface area contributed by atoms with E-state index in [-0.39, 0.29) is 24.8 Å². The van der Waals surface area contributed by atoms with Crippen molar-refractivity contribution in [3.63, 3.8) is 0 Å². The minimum atomic E-state index is -0.655. The van der Waals surface area contributed by atoms with Crippen LogP contribution in [-0.2, 0) is 22.7 Å². The fraction of sp³-hybridized carbons (Fsp3) is 0.304. The van der Waals surface area contributed by atoms with Crippen molar-refractivity contribution in [2.45, 2.75) is 25.6 Å². The highest BCUT2D eigenvalue weighted by Crippen LogP contribution is 2.38. The summed E-state index contributed by atoms with van der Waals surface area (Å²) < 4.78 is 16.0. The molecule has 0 unspecified atom stereocenters. The van der Waals surface area contributed by atoms with Crippen LogP contribution >= 0.6 is 23.2 Å². The number of nitrogens with one attached hydrogen (secondary N) is 3. The van der Waals surface area contributed by atoms with Gasteiger partial charge in [-0.25, -0.2) is 0 Å². The highest BCUT2D eigenvalue weighted by Gasteiger charge is 2.31. The molecule has 1 aliphatic rings.